The van der Waals surface area contributed by atoms with Crippen LogP contribution in [0.15, 0.2) is 53.1 Å². The second-order valence-electron chi connectivity index (χ2n) is 6.58. The lowest BCUT2D eigenvalue weighted by Crippen LogP contribution is -2.42. The molecule has 0 fully saturated rings. The molecule has 0 saturated heterocycles. The lowest BCUT2D eigenvalue weighted by molar-refractivity contribution is -0.122. The molecule has 0 saturated carbocycles. The van der Waals surface area contributed by atoms with Crippen LogP contribution in [0.3, 0.4) is 0 Å². The van der Waals surface area contributed by atoms with Gasteiger partial charge in [-0.3, -0.25) is 9.59 Å². The molecule has 0 aliphatic carbocycles. The number of hydrogen-bond acceptors (Lipinski definition) is 5. The molecule has 2 amide bonds. The second kappa shape index (κ2) is 8.84. The molecule has 3 rings (SSSR count). The monoisotopic (exact) mass is 397 g/mol. The van der Waals surface area contributed by atoms with Crippen molar-refractivity contribution in [3.63, 3.8) is 0 Å². The van der Waals surface area contributed by atoms with E-state index in [1.807, 2.05) is 57.2 Å². The number of hydrogen-bond donors (Lipinski definition) is 1. The van der Waals surface area contributed by atoms with E-state index >= 15 is 0 Å². The summed E-state index contributed by atoms with van der Waals surface area (Å²) in [6.07, 6.45) is 1.58. The Morgan fingerprint density at radius 2 is 1.93 bits per heavy atom. The van der Waals surface area contributed by atoms with Crippen LogP contribution in [-0.2, 0) is 4.79 Å². The molecule has 2 aromatic heterocycles. The predicted octanol–water partition coefficient (Wildman–Crippen LogP) is 4.06. The minimum Gasteiger partial charge on any atom is -0.462 e. The van der Waals surface area contributed by atoms with Gasteiger partial charge in [0.1, 0.15) is 4.88 Å². The molecule has 146 valence electrons. The first kappa shape index (κ1) is 19.8. The molecular formula is C21H23N3O3S. The summed E-state index contributed by atoms with van der Waals surface area (Å²) in [6.45, 7) is 6.07. The molecular weight excluding hydrogens is 374 g/mol. The zero-order chi connectivity index (χ0) is 20.1. The molecule has 28 heavy (non-hydrogen) atoms. The van der Waals surface area contributed by atoms with Crippen LogP contribution in [0.5, 0.6) is 0 Å². The van der Waals surface area contributed by atoms with Crippen molar-refractivity contribution in [2.24, 2.45) is 0 Å². The van der Waals surface area contributed by atoms with Crippen molar-refractivity contribution in [2.45, 2.75) is 26.8 Å². The van der Waals surface area contributed by atoms with Crippen molar-refractivity contribution >= 4 is 23.2 Å². The van der Waals surface area contributed by atoms with E-state index in [1.165, 1.54) is 16.2 Å². The summed E-state index contributed by atoms with van der Waals surface area (Å²) < 4.78 is 5.46. The van der Waals surface area contributed by atoms with Crippen LogP contribution >= 0.6 is 11.3 Å². The molecule has 1 aromatic carbocycles. The van der Waals surface area contributed by atoms with E-state index in [0.29, 0.717) is 27.9 Å². The van der Waals surface area contributed by atoms with E-state index in [0.717, 1.165) is 5.56 Å². The molecule has 0 spiro atoms. The molecule has 0 unspecified atom stereocenters. The molecule has 0 radical (unpaired) electrons. The number of aromatic nitrogens is 1. The van der Waals surface area contributed by atoms with E-state index in [9.17, 15) is 9.59 Å². The van der Waals surface area contributed by atoms with Gasteiger partial charge in [0.05, 0.1) is 18.5 Å². The van der Waals surface area contributed by atoms with Gasteiger partial charge >= 0.3 is 0 Å². The van der Waals surface area contributed by atoms with E-state index in [2.05, 4.69) is 10.3 Å². The zero-order valence-electron chi connectivity index (χ0n) is 16.1. The number of benzene rings is 1. The maximum atomic E-state index is 13.3. The van der Waals surface area contributed by atoms with Crippen molar-refractivity contribution < 1.29 is 14.0 Å². The lowest BCUT2D eigenvalue weighted by Gasteiger charge is -2.21. The van der Waals surface area contributed by atoms with E-state index in [-0.39, 0.29) is 24.4 Å². The van der Waals surface area contributed by atoms with Crippen molar-refractivity contribution in [1.29, 1.82) is 0 Å². The molecule has 0 aliphatic heterocycles. The Morgan fingerprint density at radius 1 is 1.18 bits per heavy atom. The molecule has 7 heteroatoms. The second-order valence-corrected chi connectivity index (χ2v) is 7.58. The van der Waals surface area contributed by atoms with Crippen LogP contribution < -0.4 is 5.32 Å². The third-order valence-electron chi connectivity index (χ3n) is 4.05. The molecule has 0 aliphatic rings. The average Bonchev–Trinajstić information content (AvgIpc) is 3.35. The SMILES string of the molecule is CCN(CC(=O)NC(C)C)C(=O)c1sc(-c2ccco2)nc1-c1ccccc1. The van der Waals surface area contributed by atoms with Crippen LogP contribution in [0, 0.1) is 0 Å². The molecule has 3 aromatic rings. The number of likely N-dealkylation sites (N-methyl/N-ethyl adjacent to an activating group) is 1. The zero-order valence-corrected chi connectivity index (χ0v) is 17.0. The summed E-state index contributed by atoms with van der Waals surface area (Å²) in [5.41, 5.74) is 1.45. The standard InChI is InChI=1S/C21H23N3O3S/c1-4-24(13-17(25)22-14(2)3)21(26)19-18(15-9-6-5-7-10-15)23-20(28-19)16-11-8-12-27-16/h5-12,14H,4,13H2,1-3H3,(H,22,25). The number of nitrogens with one attached hydrogen (secondary N) is 1. The first-order valence-corrected chi connectivity index (χ1v) is 10.00. The fourth-order valence-corrected chi connectivity index (χ4v) is 3.80. The number of carbonyl (C=O) groups excluding carboxylic acids is 2. The van der Waals surface area contributed by atoms with Crippen LogP contribution in [0.1, 0.15) is 30.4 Å². The normalized spacial score (nSPS) is 10.9. The third kappa shape index (κ3) is 4.48. The van der Waals surface area contributed by atoms with Crippen molar-refractivity contribution in [1.82, 2.24) is 15.2 Å². The molecule has 0 atom stereocenters. The summed E-state index contributed by atoms with van der Waals surface area (Å²) in [5, 5.41) is 3.46. The molecule has 0 bridgehead atoms. The van der Waals surface area contributed by atoms with Gasteiger partial charge in [-0.2, -0.15) is 0 Å². The molecule has 1 N–H and O–H groups in total. The highest BCUT2D eigenvalue weighted by molar-refractivity contribution is 7.17. The summed E-state index contributed by atoms with van der Waals surface area (Å²) in [5.74, 6) is 0.222. The largest absolute Gasteiger partial charge is 0.462 e. The first-order valence-electron chi connectivity index (χ1n) is 9.18. The number of furan rings is 1. The Balaban J connectivity index is 1.96. The van der Waals surface area contributed by atoms with Gasteiger partial charge in [0.2, 0.25) is 5.91 Å². The first-order chi connectivity index (χ1) is 13.5. The van der Waals surface area contributed by atoms with Crippen LogP contribution in [0.2, 0.25) is 0 Å². The number of carbonyl (C=O) groups is 2. The highest BCUT2D eigenvalue weighted by Gasteiger charge is 2.26. The molecule has 6 nitrogen and oxygen atoms in total. The Labute approximate surface area is 168 Å². The van der Waals surface area contributed by atoms with E-state index in [4.69, 9.17) is 4.42 Å². The summed E-state index contributed by atoms with van der Waals surface area (Å²) in [6, 6.07) is 13.2. The van der Waals surface area contributed by atoms with Gasteiger partial charge < -0.3 is 14.6 Å². The third-order valence-corrected chi connectivity index (χ3v) is 5.11. The number of rotatable bonds is 7. The van der Waals surface area contributed by atoms with Crippen molar-refractivity contribution in [2.75, 3.05) is 13.1 Å². The number of amides is 2. The Hall–Kier alpha value is -2.93. The minimum absolute atomic E-state index is 0.00965. The topological polar surface area (TPSA) is 75.4 Å². The van der Waals surface area contributed by atoms with Crippen molar-refractivity contribution in [3.8, 4) is 22.0 Å². The highest BCUT2D eigenvalue weighted by Crippen LogP contribution is 2.34. The smallest absolute Gasteiger partial charge is 0.266 e. The van der Waals surface area contributed by atoms with Crippen LogP contribution in [0.4, 0.5) is 0 Å². The van der Waals surface area contributed by atoms with Gasteiger partial charge in [0.15, 0.2) is 10.8 Å². The van der Waals surface area contributed by atoms with Gasteiger partial charge in [0, 0.05) is 18.2 Å². The van der Waals surface area contributed by atoms with Gasteiger partial charge in [-0.25, -0.2) is 4.98 Å². The van der Waals surface area contributed by atoms with Crippen LogP contribution in [0.25, 0.3) is 22.0 Å². The summed E-state index contributed by atoms with van der Waals surface area (Å²) >= 11 is 1.28. The van der Waals surface area contributed by atoms with Crippen LogP contribution in [-0.4, -0.2) is 40.8 Å². The maximum Gasteiger partial charge on any atom is 0.266 e. The van der Waals surface area contributed by atoms with Crippen molar-refractivity contribution in [3.05, 3.63) is 53.6 Å². The predicted molar refractivity (Wildman–Crippen MR) is 110 cm³/mol. The fourth-order valence-electron chi connectivity index (χ4n) is 2.77. The minimum atomic E-state index is -0.212. The highest BCUT2D eigenvalue weighted by atomic mass is 32.1. The van der Waals surface area contributed by atoms with E-state index in [1.54, 1.807) is 12.3 Å². The Kier molecular flexibility index (Phi) is 6.26. The quantitative estimate of drug-likeness (QED) is 0.652. The summed E-state index contributed by atoms with van der Waals surface area (Å²) in [4.78, 5) is 32.1. The van der Waals surface area contributed by atoms with Gasteiger partial charge in [-0.1, -0.05) is 30.3 Å². The molecule has 2 heterocycles. The number of thiazole rings is 1. The van der Waals surface area contributed by atoms with Gasteiger partial charge in [-0.15, -0.1) is 11.3 Å². The lowest BCUT2D eigenvalue weighted by atomic mass is 10.1. The average molecular weight is 398 g/mol. The Morgan fingerprint density at radius 3 is 2.54 bits per heavy atom. The summed E-state index contributed by atoms with van der Waals surface area (Å²) in [7, 11) is 0. The number of nitrogens with zero attached hydrogens (tertiary/aromatic N) is 2. The van der Waals surface area contributed by atoms with Gasteiger partial charge in [-0.05, 0) is 32.9 Å². The van der Waals surface area contributed by atoms with Gasteiger partial charge in [0.25, 0.3) is 5.91 Å². The maximum absolute atomic E-state index is 13.3. The Bertz CT molecular complexity index is 933. The fraction of sp³-hybridized carbons (Fsp3) is 0.286. The van der Waals surface area contributed by atoms with E-state index < -0.39 is 0 Å².